The van der Waals surface area contributed by atoms with E-state index in [-0.39, 0.29) is 12.0 Å². The summed E-state index contributed by atoms with van der Waals surface area (Å²) in [6, 6.07) is 27.9. The van der Waals surface area contributed by atoms with Gasteiger partial charge in [0.1, 0.15) is 5.75 Å². The van der Waals surface area contributed by atoms with Crippen molar-refractivity contribution >= 4 is 39.4 Å². The molecule has 0 aliphatic carbocycles. The molecule has 0 fully saturated rings. The number of benzene rings is 4. The Labute approximate surface area is 199 Å². The fraction of sp³-hybridized carbons (Fsp3) is 0.138. The van der Waals surface area contributed by atoms with Crippen molar-refractivity contribution in [2.75, 3.05) is 22.1 Å². The van der Waals surface area contributed by atoms with Gasteiger partial charge in [-0.1, -0.05) is 42.5 Å². The molecule has 2 N–H and O–H groups in total. The summed E-state index contributed by atoms with van der Waals surface area (Å²) in [4.78, 5) is 15.1. The maximum absolute atomic E-state index is 12.9. The summed E-state index contributed by atoms with van der Waals surface area (Å²) in [6.07, 6.45) is 4.18. The van der Waals surface area contributed by atoms with Gasteiger partial charge >= 0.3 is 0 Å². The van der Waals surface area contributed by atoms with E-state index < -0.39 is 0 Å². The Bertz CT molecular complexity index is 1360. The Morgan fingerprint density at radius 3 is 2.53 bits per heavy atom. The van der Waals surface area contributed by atoms with Crippen molar-refractivity contribution in [2.24, 2.45) is 0 Å². The fourth-order valence-electron chi connectivity index (χ4n) is 4.19. The SMILES string of the molecule is CC(C)Oc1ccccc1C(=O)Nc1ccc(N2C=CCNc3c2ccc2ccccc32)cc1. The van der Waals surface area contributed by atoms with Crippen LogP contribution in [0.5, 0.6) is 5.75 Å². The molecule has 4 aromatic carbocycles. The summed E-state index contributed by atoms with van der Waals surface area (Å²) in [6.45, 7) is 4.64. The Balaban J connectivity index is 1.40. The van der Waals surface area contributed by atoms with Gasteiger partial charge in [0, 0.05) is 29.5 Å². The van der Waals surface area contributed by atoms with E-state index in [0.29, 0.717) is 11.3 Å². The molecular formula is C29H27N3O2. The van der Waals surface area contributed by atoms with E-state index in [1.54, 1.807) is 6.07 Å². The molecule has 5 nitrogen and oxygen atoms in total. The lowest BCUT2D eigenvalue weighted by molar-refractivity contribution is 0.102. The van der Waals surface area contributed by atoms with Crippen molar-refractivity contribution in [3.05, 3.63) is 103 Å². The molecule has 0 radical (unpaired) electrons. The first kappa shape index (κ1) is 21.6. The molecule has 0 saturated heterocycles. The molecule has 34 heavy (non-hydrogen) atoms. The van der Waals surface area contributed by atoms with Crippen molar-refractivity contribution in [2.45, 2.75) is 20.0 Å². The number of hydrogen-bond donors (Lipinski definition) is 2. The van der Waals surface area contributed by atoms with Gasteiger partial charge < -0.3 is 20.3 Å². The third kappa shape index (κ3) is 4.33. The molecule has 1 amide bonds. The van der Waals surface area contributed by atoms with Crippen LogP contribution in [0.15, 0.2) is 97.2 Å². The zero-order chi connectivity index (χ0) is 23.5. The second-order valence-corrected chi connectivity index (χ2v) is 8.48. The van der Waals surface area contributed by atoms with Gasteiger partial charge in [0.25, 0.3) is 5.91 Å². The highest BCUT2D eigenvalue weighted by atomic mass is 16.5. The van der Waals surface area contributed by atoms with Gasteiger partial charge in [0.2, 0.25) is 0 Å². The van der Waals surface area contributed by atoms with E-state index in [0.717, 1.165) is 29.3 Å². The van der Waals surface area contributed by atoms with Gasteiger partial charge in [-0.2, -0.15) is 0 Å². The third-order valence-electron chi connectivity index (χ3n) is 5.72. The highest BCUT2D eigenvalue weighted by Gasteiger charge is 2.17. The first-order valence-corrected chi connectivity index (χ1v) is 11.5. The quantitative estimate of drug-likeness (QED) is 0.346. The minimum atomic E-state index is -0.195. The molecule has 0 atom stereocenters. The molecule has 0 unspecified atom stereocenters. The van der Waals surface area contributed by atoms with E-state index in [4.69, 9.17) is 4.74 Å². The number of para-hydroxylation sites is 1. The number of rotatable bonds is 5. The molecule has 0 spiro atoms. The number of nitrogens with one attached hydrogen (secondary N) is 2. The number of anilines is 4. The zero-order valence-electron chi connectivity index (χ0n) is 19.3. The number of carbonyl (C=O) groups is 1. The largest absolute Gasteiger partial charge is 0.490 e. The van der Waals surface area contributed by atoms with Crippen molar-refractivity contribution in [3.8, 4) is 5.75 Å². The molecule has 5 rings (SSSR count). The van der Waals surface area contributed by atoms with Gasteiger partial charge in [-0.25, -0.2) is 0 Å². The predicted molar refractivity (Wildman–Crippen MR) is 140 cm³/mol. The van der Waals surface area contributed by atoms with Crippen LogP contribution in [0.25, 0.3) is 10.8 Å². The second-order valence-electron chi connectivity index (χ2n) is 8.48. The van der Waals surface area contributed by atoms with Gasteiger partial charge in [-0.05, 0) is 67.8 Å². The maximum atomic E-state index is 12.9. The molecular weight excluding hydrogens is 422 g/mol. The van der Waals surface area contributed by atoms with Crippen LogP contribution < -0.4 is 20.3 Å². The monoisotopic (exact) mass is 449 g/mol. The van der Waals surface area contributed by atoms with Crippen molar-refractivity contribution in [3.63, 3.8) is 0 Å². The average molecular weight is 450 g/mol. The van der Waals surface area contributed by atoms with Crippen molar-refractivity contribution in [1.29, 1.82) is 0 Å². The van der Waals surface area contributed by atoms with Gasteiger partial charge in [-0.3, -0.25) is 4.79 Å². The average Bonchev–Trinajstić information content (AvgIpc) is 3.07. The number of nitrogens with zero attached hydrogens (tertiary/aromatic N) is 1. The Hall–Kier alpha value is -4.25. The Morgan fingerprint density at radius 1 is 0.941 bits per heavy atom. The lowest BCUT2D eigenvalue weighted by Crippen LogP contribution is -2.16. The van der Waals surface area contributed by atoms with E-state index in [9.17, 15) is 4.79 Å². The standard InChI is InChI=1S/C29H27N3O2/c1-20(2)34-27-11-6-5-10-25(27)29(33)31-22-13-15-23(16-14-22)32-19-7-18-30-28-24-9-4-3-8-21(24)12-17-26(28)32/h3-17,19-20,30H,18H2,1-2H3,(H,31,33). The van der Waals surface area contributed by atoms with Crippen LogP contribution >= 0.6 is 0 Å². The molecule has 0 aromatic heterocycles. The summed E-state index contributed by atoms with van der Waals surface area (Å²) in [5, 5.41) is 8.93. The topological polar surface area (TPSA) is 53.6 Å². The highest BCUT2D eigenvalue weighted by Crippen LogP contribution is 2.39. The zero-order valence-corrected chi connectivity index (χ0v) is 19.3. The van der Waals surface area contributed by atoms with E-state index >= 15 is 0 Å². The van der Waals surface area contributed by atoms with Crippen LogP contribution in [0.3, 0.4) is 0 Å². The summed E-state index contributed by atoms with van der Waals surface area (Å²) in [5.74, 6) is 0.386. The van der Waals surface area contributed by atoms with Crippen LogP contribution in [-0.4, -0.2) is 18.6 Å². The molecule has 1 heterocycles. The Morgan fingerprint density at radius 2 is 1.71 bits per heavy atom. The van der Waals surface area contributed by atoms with Gasteiger partial charge in [-0.15, -0.1) is 0 Å². The molecule has 0 bridgehead atoms. The molecule has 4 aromatic rings. The van der Waals surface area contributed by atoms with E-state index in [1.165, 1.54) is 10.8 Å². The molecule has 1 aliphatic heterocycles. The van der Waals surface area contributed by atoms with Gasteiger partial charge in [0.15, 0.2) is 0 Å². The lowest BCUT2D eigenvalue weighted by Gasteiger charge is -2.23. The molecule has 0 saturated carbocycles. The molecule has 170 valence electrons. The molecule has 5 heteroatoms. The first-order chi connectivity index (χ1) is 16.6. The van der Waals surface area contributed by atoms with E-state index in [2.05, 4.69) is 64.2 Å². The number of amides is 1. The second kappa shape index (κ2) is 9.32. The summed E-state index contributed by atoms with van der Waals surface area (Å²) in [7, 11) is 0. The first-order valence-electron chi connectivity index (χ1n) is 11.5. The minimum absolute atomic E-state index is 0.00981. The number of carbonyl (C=O) groups excluding carboxylic acids is 1. The highest BCUT2D eigenvalue weighted by molar-refractivity contribution is 6.06. The summed E-state index contributed by atoms with van der Waals surface area (Å²) < 4.78 is 5.80. The van der Waals surface area contributed by atoms with Crippen LogP contribution in [0, 0.1) is 0 Å². The fourth-order valence-corrected chi connectivity index (χ4v) is 4.19. The predicted octanol–water partition coefficient (Wildman–Crippen LogP) is 6.96. The molecule has 1 aliphatic rings. The van der Waals surface area contributed by atoms with Crippen LogP contribution in [0.2, 0.25) is 0 Å². The lowest BCUT2D eigenvalue weighted by atomic mass is 10.1. The summed E-state index contributed by atoms with van der Waals surface area (Å²) in [5.41, 5.74) is 4.45. The van der Waals surface area contributed by atoms with Crippen LogP contribution in [0.4, 0.5) is 22.7 Å². The maximum Gasteiger partial charge on any atom is 0.259 e. The van der Waals surface area contributed by atoms with Crippen LogP contribution in [0.1, 0.15) is 24.2 Å². The number of ether oxygens (including phenoxy) is 1. The minimum Gasteiger partial charge on any atom is -0.490 e. The third-order valence-corrected chi connectivity index (χ3v) is 5.72. The van der Waals surface area contributed by atoms with Crippen molar-refractivity contribution < 1.29 is 9.53 Å². The van der Waals surface area contributed by atoms with E-state index in [1.807, 2.05) is 56.3 Å². The number of hydrogen-bond acceptors (Lipinski definition) is 4. The van der Waals surface area contributed by atoms with Crippen LogP contribution in [-0.2, 0) is 0 Å². The summed E-state index contributed by atoms with van der Waals surface area (Å²) >= 11 is 0. The normalized spacial score (nSPS) is 12.7. The Kier molecular flexibility index (Phi) is 5.91. The van der Waals surface area contributed by atoms with Crippen molar-refractivity contribution in [1.82, 2.24) is 0 Å². The van der Waals surface area contributed by atoms with Gasteiger partial charge in [0.05, 0.1) is 23.0 Å². The number of fused-ring (bicyclic) bond motifs is 3. The smallest absolute Gasteiger partial charge is 0.259 e.